The summed E-state index contributed by atoms with van der Waals surface area (Å²) in [6, 6.07) is 6.37. The number of benzene rings is 1. The lowest BCUT2D eigenvalue weighted by molar-refractivity contribution is -0.126. The highest BCUT2D eigenvalue weighted by atomic mass is 19.1. The van der Waals surface area contributed by atoms with Crippen LogP contribution < -0.4 is 10.6 Å². The van der Waals surface area contributed by atoms with Crippen LogP contribution in [0.2, 0.25) is 0 Å². The molecule has 1 saturated heterocycles. The van der Waals surface area contributed by atoms with Crippen molar-refractivity contribution in [1.29, 1.82) is 0 Å². The number of nitrogens with zero attached hydrogens (tertiary/aromatic N) is 1. The molecule has 5 rings (SSSR count). The van der Waals surface area contributed by atoms with Gasteiger partial charge in [-0.05, 0) is 67.7 Å². The molecule has 4 aliphatic rings. The monoisotopic (exact) mass is 451 g/mol. The largest absolute Gasteiger partial charge is 0.329 e. The van der Waals surface area contributed by atoms with E-state index in [1.54, 1.807) is 4.90 Å². The van der Waals surface area contributed by atoms with E-state index in [0.717, 1.165) is 24.0 Å². The number of nitrogens with one attached hydrogen (secondary N) is 2. The Bertz CT molecular complexity index is 982. The van der Waals surface area contributed by atoms with Gasteiger partial charge in [0.05, 0.1) is 5.83 Å². The molecule has 1 unspecified atom stereocenters. The maximum absolute atomic E-state index is 14.2. The summed E-state index contributed by atoms with van der Waals surface area (Å²) in [7, 11) is 0. The van der Waals surface area contributed by atoms with Gasteiger partial charge in [-0.2, -0.15) is 0 Å². The van der Waals surface area contributed by atoms with Crippen LogP contribution in [0.5, 0.6) is 0 Å². The Hall–Kier alpha value is -2.47. The SMILES string of the molecule is C=C1CCC(N2Cc3cc(C[C@H]4C=C(F)CC[C@@H]4NC4CCCCC4)ccc3C2=O)C(=O)N1. The van der Waals surface area contributed by atoms with E-state index in [1.165, 1.54) is 32.1 Å². The molecule has 1 aromatic rings. The summed E-state index contributed by atoms with van der Waals surface area (Å²) < 4.78 is 14.2. The predicted octanol–water partition coefficient (Wildman–Crippen LogP) is 4.53. The Kier molecular flexibility index (Phi) is 6.37. The second-order valence-electron chi connectivity index (χ2n) is 10.2. The molecule has 0 spiro atoms. The second kappa shape index (κ2) is 9.41. The predicted molar refractivity (Wildman–Crippen MR) is 126 cm³/mol. The van der Waals surface area contributed by atoms with E-state index in [-0.39, 0.29) is 29.6 Å². The van der Waals surface area contributed by atoms with E-state index in [1.807, 2.05) is 18.2 Å². The molecule has 2 N–H and O–H groups in total. The van der Waals surface area contributed by atoms with Crippen LogP contribution in [0.25, 0.3) is 0 Å². The zero-order chi connectivity index (χ0) is 22.9. The number of amides is 2. The number of rotatable bonds is 5. The van der Waals surface area contributed by atoms with Gasteiger partial charge in [-0.15, -0.1) is 0 Å². The smallest absolute Gasteiger partial charge is 0.255 e. The molecule has 2 aliphatic carbocycles. The maximum atomic E-state index is 14.2. The number of carbonyl (C=O) groups excluding carboxylic acids is 2. The maximum Gasteiger partial charge on any atom is 0.255 e. The van der Waals surface area contributed by atoms with Crippen molar-refractivity contribution >= 4 is 11.8 Å². The van der Waals surface area contributed by atoms with Crippen molar-refractivity contribution < 1.29 is 14.0 Å². The topological polar surface area (TPSA) is 61.4 Å². The molecule has 2 heterocycles. The van der Waals surface area contributed by atoms with E-state index >= 15 is 0 Å². The van der Waals surface area contributed by atoms with Crippen molar-refractivity contribution in [3.8, 4) is 0 Å². The summed E-state index contributed by atoms with van der Waals surface area (Å²) in [4.78, 5) is 27.1. The summed E-state index contributed by atoms with van der Waals surface area (Å²) in [6.45, 7) is 4.28. The number of hydrogen-bond donors (Lipinski definition) is 2. The van der Waals surface area contributed by atoms with E-state index in [9.17, 15) is 14.0 Å². The highest BCUT2D eigenvalue weighted by Gasteiger charge is 2.38. The first kappa shape index (κ1) is 22.3. The van der Waals surface area contributed by atoms with Gasteiger partial charge in [0.2, 0.25) is 5.91 Å². The molecule has 176 valence electrons. The number of halogens is 1. The molecule has 1 saturated carbocycles. The summed E-state index contributed by atoms with van der Waals surface area (Å²) >= 11 is 0. The van der Waals surface area contributed by atoms with Crippen molar-refractivity contribution in [2.45, 2.75) is 88.9 Å². The van der Waals surface area contributed by atoms with E-state index in [4.69, 9.17) is 0 Å². The average Bonchev–Trinajstić information content (AvgIpc) is 3.12. The molecule has 0 radical (unpaired) electrons. The van der Waals surface area contributed by atoms with Gasteiger partial charge in [0, 0.05) is 36.3 Å². The first-order chi connectivity index (χ1) is 16.0. The molecule has 0 aromatic heterocycles. The van der Waals surface area contributed by atoms with Gasteiger partial charge in [-0.1, -0.05) is 38.0 Å². The van der Waals surface area contributed by atoms with Gasteiger partial charge >= 0.3 is 0 Å². The van der Waals surface area contributed by atoms with Crippen LogP contribution in [0.3, 0.4) is 0 Å². The van der Waals surface area contributed by atoms with Crippen LogP contribution in [-0.4, -0.2) is 34.8 Å². The van der Waals surface area contributed by atoms with Crippen molar-refractivity contribution in [2.75, 3.05) is 0 Å². The fourth-order valence-electron chi connectivity index (χ4n) is 6.03. The Labute approximate surface area is 195 Å². The van der Waals surface area contributed by atoms with Crippen molar-refractivity contribution in [3.63, 3.8) is 0 Å². The lowest BCUT2D eigenvalue weighted by Crippen LogP contribution is -2.49. The van der Waals surface area contributed by atoms with Gasteiger partial charge in [0.1, 0.15) is 6.04 Å². The summed E-state index contributed by atoms with van der Waals surface area (Å²) in [5.74, 6) is -0.118. The Morgan fingerprint density at radius 2 is 1.91 bits per heavy atom. The molecule has 6 heteroatoms. The quantitative estimate of drug-likeness (QED) is 0.691. The Morgan fingerprint density at radius 1 is 1.09 bits per heavy atom. The van der Waals surface area contributed by atoms with E-state index in [0.29, 0.717) is 43.1 Å². The molecule has 0 bridgehead atoms. The van der Waals surface area contributed by atoms with Crippen molar-refractivity contribution in [3.05, 3.63) is 59.1 Å². The highest BCUT2D eigenvalue weighted by Crippen LogP contribution is 2.32. The number of fused-ring (bicyclic) bond motifs is 1. The summed E-state index contributed by atoms with van der Waals surface area (Å²) in [5, 5.41) is 6.63. The fraction of sp³-hybridized carbons (Fsp3) is 0.556. The molecule has 3 atom stereocenters. The molecule has 1 aromatic carbocycles. The van der Waals surface area contributed by atoms with Crippen LogP contribution in [-0.2, 0) is 17.8 Å². The zero-order valence-corrected chi connectivity index (χ0v) is 19.2. The number of piperidine rings is 1. The van der Waals surface area contributed by atoms with Gasteiger partial charge in [-0.25, -0.2) is 4.39 Å². The van der Waals surface area contributed by atoms with Crippen molar-refractivity contribution in [2.24, 2.45) is 5.92 Å². The van der Waals surface area contributed by atoms with Crippen LogP contribution in [0.4, 0.5) is 4.39 Å². The first-order valence-electron chi connectivity index (χ1n) is 12.5. The minimum Gasteiger partial charge on any atom is -0.329 e. The van der Waals surface area contributed by atoms with Gasteiger partial charge < -0.3 is 15.5 Å². The van der Waals surface area contributed by atoms with Crippen LogP contribution >= 0.6 is 0 Å². The third-order valence-corrected chi connectivity index (χ3v) is 7.83. The van der Waals surface area contributed by atoms with Crippen LogP contribution in [0.15, 0.2) is 42.4 Å². The molecule has 33 heavy (non-hydrogen) atoms. The lowest BCUT2D eigenvalue weighted by atomic mass is 9.83. The van der Waals surface area contributed by atoms with E-state index in [2.05, 4.69) is 23.3 Å². The number of allylic oxidation sites excluding steroid dienone is 2. The van der Waals surface area contributed by atoms with Crippen molar-refractivity contribution in [1.82, 2.24) is 15.5 Å². The minimum atomic E-state index is -0.446. The lowest BCUT2D eigenvalue weighted by Gasteiger charge is -2.34. The molecular formula is C27H34FN3O2. The molecule has 2 aliphatic heterocycles. The fourth-order valence-corrected chi connectivity index (χ4v) is 6.03. The molecule has 2 amide bonds. The molecular weight excluding hydrogens is 417 g/mol. The first-order valence-corrected chi connectivity index (χ1v) is 12.5. The second-order valence-corrected chi connectivity index (χ2v) is 10.2. The Morgan fingerprint density at radius 3 is 2.70 bits per heavy atom. The van der Waals surface area contributed by atoms with Gasteiger partial charge in [0.25, 0.3) is 5.91 Å². The number of carbonyl (C=O) groups is 2. The summed E-state index contributed by atoms with van der Waals surface area (Å²) in [6.07, 6.45) is 11.5. The molecule has 2 fully saturated rings. The third kappa shape index (κ3) is 4.77. The average molecular weight is 452 g/mol. The van der Waals surface area contributed by atoms with Crippen LogP contribution in [0.1, 0.15) is 79.3 Å². The normalized spacial score (nSPS) is 28.5. The standard InChI is InChI=1S/C27H34FN3O2/c1-17-7-12-25(26(32)29-17)31-16-20-14-18(8-10-23(20)27(31)33)13-19-15-21(28)9-11-24(19)30-22-5-3-2-4-6-22/h8,10,14-15,19,22,24-25,30H,1-7,9,11-13,16H2,(H,29,32)/t19-,24-,25?/m0/s1. The third-order valence-electron chi connectivity index (χ3n) is 7.83. The number of hydrogen-bond acceptors (Lipinski definition) is 3. The van der Waals surface area contributed by atoms with Gasteiger partial charge in [0.15, 0.2) is 0 Å². The minimum absolute atomic E-state index is 0.00546. The summed E-state index contributed by atoms with van der Waals surface area (Å²) in [5.41, 5.74) is 3.48. The molecule has 5 nitrogen and oxygen atoms in total. The Balaban J connectivity index is 1.29. The van der Waals surface area contributed by atoms with Crippen LogP contribution in [0, 0.1) is 5.92 Å². The van der Waals surface area contributed by atoms with Gasteiger partial charge in [-0.3, -0.25) is 9.59 Å². The zero-order valence-electron chi connectivity index (χ0n) is 19.2. The van der Waals surface area contributed by atoms with E-state index < -0.39 is 6.04 Å². The highest BCUT2D eigenvalue weighted by molar-refractivity contribution is 6.01.